The van der Waals surface area contributed by atoms with Crippen molar-refractivity contribution in [3.8, 4) is 11.5 Å². The quantitative estimate of drug-likeness (QED) is 0.598. The van der Waals surface area contributed by atoms with Crippen molar-refractivity contribution >= 4 is 11.7 Å². The molecule has 20 heavy (non-hydrogen) atoms. The first-order chi connectivity index (χ1) is 9.27. The molecule has 2 atom stereocenters. The van der Waals surface area contributed by atoms with Crippen LogP contribution in [0.2, 0.25) is 0 Å². The van der Waals surface area contributed by atoms with Crippen molar-refractivity contribution in [1.82, 2.24) is 0 Å². The number of carbonyl (C=O) groups is 1. The van der Waals surface area contributed by atoms with Crippen molar-refractivity contribution in [1.29, 1.82) is 0 Å². The smallest absolute Gasteiger partial charge is 0.344 e. The Labute approximate surface area is 115 Å². The van der Waals surface area contributed by atoms with Crippen LogP contribution in [-0.2, 0) is 4.79 Å². The van der Waals surface area contributed by atoms with Gasteiger partial charge in [-0.05, 0) is 19.9 Å². The number of aliphatic carboxylic acids is 1. The highest BCUT2D eigenvalue weighted by molar-refractivity contribution is 5.72. The predicted octanol–water partition coefficient (Wildman–Crippen LogP) is 1.47. The molecule has 0 spiro atoms. The second-order valence-electron chi connectivity index (χ2n) is 4.21. The van der Waals surface area contributed by atoms with Gasteiger partial charge in [0.05, 0.1) is 23.7 Å². The first kappa shape index (κ1) is 15.7. The van der Waals surface area contributed by atoms with Crippen LogP contribution >= 0.6 is 0 Å². The molecule has 0 heterocycles. The highest BCUT2D eigenvalue weighted by atomic mass is 16.6. The topological polar surface area (TPSA) is 125 Å². The molecule has 0 aromatic heterocycles. The number of ether oxygens (including phenoxy) is 2. The summed E-state index contributed by atoms with van der Waals surface area (Å²) in [6, 6.07) is 1.93. The molecule has 0 aliphatic carbocycles. The van der Waals surface area contributed by atoms with E-state index in [1.165, 1.54) is 20.1 Å². The van der Waals surface area contributed by atoms with E-state index < -0.39 is 23.0 Å². The highest BCUT2D eigenvalue weighted by Crippen LogP contribution is 2.37. The van der Waals surface area contributed by atoms with Gasteiger partial charge in [0.2, 0.25) is 0 Å². The molecule has 0 saturated carbocycles. The van der Waals surface area contributed by atoms with E-state index >= 15 is 0 Å². The number of methoxy groups -OCH3 is 1. The number of carboxylic acid groups (broad SMARTS) is 1. The van der Waals surface area contributed by atoms with Gasteiger partial charge in [-0.15, -0.1) is 0 Å². The monoisotopic (exact) mass is 284 g/mol. The van der Waals surface area contributed by atoms with E-state index in [9.17, 15) is 14.9 Å². The van der Waals surface area contributed by atoms with Crippen LogP contribution in [0.25, 0.3) is 0 Å². The third-order valence-electron chi connectivity index (χ3n) is 2.65. The van der Waals surface area contributed by atoms with Gasteiger partial charge in [-0.1, -0.05) is 0 Å². The maximum absolute atomic E-state index is 11.0. The minimum atomic E-state index is -1.19. The number of rotatable bonds is 6. The van der Waals surface area contributed by atoms with E-state index in [4.69, 9.17) is 20.3 Å². The highest BCUT2D eigenvalue weighted by Gasteiger charge is 2.24. The molecule has 0 fully saturated rings. The number of nitro benzene ring substituents is 1. The van der Waals surface area contributed by atoms with Gasteiger partial charge in [0.15, 0.2) is 17.6 Å². The molecular weight excluding hydrogens is 268 g/mol. The van der Waals surface area contributed by atoms with Crippen LogP contribution in [0.15, 0.2) is 12.1 Å². The lowest BCUT2D eigenvalue weighted by Crippen LogP contribution is -2.23. The van der Waals surface area contributed by atoms with Gasteiger partial charge in [-0.3, -0.25) is 10.1 Å². The summed E-state index contributed by atoms with van der Waals surface area (Å²) in [6.07, 6.45) is -1.16. The lowest BCUT2D eigenvalue weighted by atomic mass is 10.1. The number of hydrogen-bond acceptors (Lipinski definition) is 6. The number of carboxylic acids is 1. The summed E-state index contributed by atoms with van der Waals surface area (Å²) in [5.74, 6) is -1.01. The van der Waals surface area contributed by atoms with Gasteiger partial charge in [0.25, 0.3) is 5.69 Å². The molecule has 0 aliphatic heterocycles. The lowest BCUT2D eigenvalue weighted by Gasteiger charge is -2.16. The minimum Gasteiger partial charge on any atom is -0.493 e. The van der Waals surface area contributed by atoms with Crippen LogP contribution in [0.4, 0.5) is 5.69 Å². The van der Waals surface area contributed by atoms with E-state index in [0.29, 0.717) is 0 Å². The molecule has 0 amide bonds. The number of hydrogen-bond donors (Lipinski definition) is 2. The molecule has 1 aromatic carbocycles. The Bertz CT molecular complexity index is 529. The van der Waals surface area contributed by atoms with Crippen molar-refractivity contribution in [3.63, 3.8) is 0 Å². The summed E-state index contributed by atoms with van der Waals surface area (Å²) < 4.78 is 10.2. The maximum atomic E-state index is 11.0. The Balaban J connectivity index is 3.33. The van der Waals surface area contributed by atoms with Crippen LogP contribution in [0, 0.1) is 10.1 Å². The molecule has 1 rings (SSSR count). The van der Waals surface area contributed by atoms with Crippen LogP contribution < -0.4 is 15.2 Å². The SMILES string of the molecule is COc1cc(C(C)N)c([N+](=O)[O-])cc1OC(C)C(=O)O. The molecule has 0 radical (unpaired) electrons. The number of nitro groups is 1. The van der Waals surface area contributed by atoms with Crippen molar-refractivity contribution < 1.29 is 24.3 Å². The second kappa shape index (κ2) is 6.20. The third kappa shape index (κ3) is 3.35. The average molecular weight is 284 g/mol. The molecule has 0 aliphatic rings. The molecule has 3 N–H and O–H groups in total. The molecule has 1 aromatic rings. The van der Waals surface area contributed by atoms with E-state index in [-0.39, 0.29) is 22.7 Å². The molecule has 0 bridgehead atoms. The standard InChI is InChI=1S/C12H16N2O6/c1-6(13)8-4-10(19-3)11(5-9(8)14(17)18)20-7(2)12(15)16/h4-7H,13H2,1-3H3,(H,15,16). The number of nitrogens with zero attached hydrogens (tertiary/aromatic N) is 1. The van der Waals surface area contributed by atoms with Crippen molar-refractivity contribution in [2.75, 3.05) is 7.11 Å². The fourth-order valence-corrected chi connectivity index (χ4v) is 1.58. The minimum absolute atomic E-state index is 0.0153. The maximum Gasteiger partial charge on any atom is 0.344 e. The first-order valence-electron chi connectivity index (χ1n) is 5.79. The fourth-order valence-electron chi connectivity index (χ4n) is 1.58. The van der Waals surface area contributed by atoms with E-state index in [1.807, 2.05) is 0 Å². The van der Waals surface area contributed by atoms with Crippen molar-refractivity contribution in [2.24, 2.45) is 5.73 Å². The molecule has 8 nitrogen and oxygen atoms in total. The Morgan fingerprint density at radius 2 is 2.00 bits per heavy atom. The zero-order chi connectivity index (χ0) is 15.4. The van der Waals surface area contributed by atoms with Crippen LogP contribution in [-0.4, -0.2) is 29.2 Å². The Hall–Kier alpha value is -2.35. The number of benzene rings is 1. The zero-order valence-corrected chi connectivity index (χ0v) is 11.3. The summed E-state index contributed by atoms with van der Waals surface area (Å²) in [5.41, 5.74) is 5.72. The summed E-state index contributed by atoms with van der Waals surface area (Å²) in [5, 5.41) is 19.8. The summed E-state index contributed by atoms with van der Waals surface area (Å²) >= 11 is 0. The van der Waals surface area contributed by atoms with E-state index in [0.717, 1.165) is 6.07 Å². The van der Waals surface area contributed by atoms with E-state index in [1.54, 1.807) is 6.92 Å². The predicted molar refractivity (Wildman–Crippen MR) is 70.0 cm³/mol. The average Bonchev–Trinajstić information content (AvgIpc) is 2.37. The lowest BCUT2D eigenvalue weighted by molar-refractivity contribution is -0.385. The molecule has 0 saturated heterocycles. The molecule has 110 valence electrons. The van der Waals surface area contributed by atoms with Gasteiger partial charge in [0.1, 0.15) is 0 Å². The van der Waals surface area contributed by atoms with Gasteiger partial charge >= 0.3 is 5.97 Å². The van der Waals surface area contributed by atoms with Gasteiger partial charge in [-0.2, -0.15) is 0 Å². The van der Waals surface area contributed by atoms with Crippen molar-refractivity contribution in [2.45, 2.75) is 26.0 Å². The first-order valence-corrected chi connectivity index (χ1v) is 5.79. The van der Waals surface area contributed by atoms with Crippen LogP contribution in [0.5, 0.6) is 11.5 Å². The van der Waals surface area contributed by atoms with Crippen molar-refractivity contribution in [3.05, 3.63) is 27.8 Å². The van der Waals surface area contributed by atoms with Crippen LogP contribution in [0.3, 0.4) is 0 Å². The second-order valence-corrected chi connectivity index (χ2v) is 4.21. The van der Waals surface area contributed by atoms with Gasteiger partial charge in [0, 0.05) is 6.04 Å². The zero-order valence-electron chi connectivity index (χ0n) is 11.3. The summed E-state index contributed by atoms with van der Waals surface area (Å²) in [4.78, 5) is 21.2. The molecule has 8 heteroatoms. The fraction of sp³-hybridized carbons (Fsp3) is 0.417. The summed E-state index contributed by atoms with van der Waals surface area (Å²) in [7, 11) is 1.35. The summed E-state index contributed by atoms with van der Waals surface area (Å²) in [6.45, 7) is 2.91. The largest absolute Gasteiger partial charge is 0.493 e. The Morgan fingerprint density at radius 1 is 1.40 bits per heavy atom. The van der Waals surface area contributed by atoms with Crippen LogP contribution in [0.1, 0.15) is 25.5 Å². The Kier molecular flexibility index (Phi) is 4.87. The number of nitrogens with two attached hydrogens (primary N) is 1. The van der Waals surface area contributed by atoms with Gasteiger partial charge < -0.3 is 20.3 Å². The third-order valence-corrected chi connectivity index (χ3v) is 2.65. The van der Waals surface area contributed by atoms with Gasteiger partial charge in [-0.25, -0.2) is 4.79 Å². The van der Waals surface area contributed by atoms with E-state index in [2.05, 4.69) is 0 Å². The molecule has 2 unspecified atom stereocenters. The normalized spacial score (nSPS) is 13.4. The molecular formula is C12H16N2O6. The Morgan fingerprint density at radius 3 is 2.40 bits per heavy atom.